The summed E-state index contributed by atoms with van der Waals surface area (Å²) in [5.74, 6) is -0.505. The highest BCUT2D eigenvalue weighted by molar-refractivity contribution is 6.42. The summed E-state index contributed by atoms with van der Waals surface area (Å²) in [6, 6.07) is 25.6. The first-order valence-electron chi connectivity index (χ1n) is 16.4. The number of hydrogen-bond donors (Lipinski definition) is 0. The molecule has 6 aromatic carbocycles. The lowest BCUT2D eigenvalue weighted by atomic mass is 9.80. The molecule has 0 spiro atoms. The Hall–Kier alpha value is -4.44. The summed E-state index contributed by atoms with van der Waals surface area (Å²) in [7, 11) is 0. The van der Waals surface area contributed by atoms with Crippen LogP contribution in [0, 0.1) is 0 Å². The highest BCUT2D eigenvalue weighted by Gasteiger charge is 2.38. The highest BCUT2D eigenvalue weighted by atomic mass is 16.2. The second-order valence-electron chi connectivity index (χ2n) is 15.2. The minimum Gasteiger partial charge on any atom is -0.371 e. The van der Waals surface area contributed by atoms with Gasteiger partial charge in [0.25, 0.3) is 11.8 Å². The molecule has 45 heavy (non-hydrogen) atoms. The van der Waals surface area contributed by atoms with Gasteiger partial charge in [0.1, 0.15) is 0 Å². The maximum absolute atomic E-state index is 14.5. The topological polar surface area (TPSA) is 40.6 Å². The number of rotatable bonds is 2. The summed E-state index contributed by atoms with van der Waals surface area (Å²) in [4.78, 5) is 33.1. The molecule has 2 heterocycles. The quantitative estimate of drug-likeness (QED) is 0.114. The van der Waals surface area contributed by atoms with E-state index in [2.05, 4.69) is 107 Å². The molecular weight excluding hydrogens is 552 g/mol. The van der Waals surface area contributed by atoms with Gasteiger partial charge in [0.05, 0.1) is 5.69 Å². The second kappa shape index (κ2) is 9.53. The number of carbonyl (C=O) groups is 2. The zero-order chi connectivity index (χ0) is 31.4. The molecular formula is C41H40N2O2. The molecule has 0 unspecified atom stereocenters. The van der Waals surface area contributed by atoms with Gasteiger partial charge in [-0.15, -0.1) is 0 Å². The van der Waals surface area contributed by atoms with Crippen molar-refractivity contribution < 1.29 is 9.59 Å². The van der Waals surface area contributed by atoms with Crippen LogP contribution in [0.3, 0.4) is 0 Å². The number of piperidine rings is 1. The monoisotopic (exact) mass is 592 g/mol. The van der Waals surface area contributed by atoms with Crippen molar-refractivity contribution in [3.63, 3.8) is 0 Å². The average Bonchev–Trinajstić information content (AvgIpc) is 3.02. The van der Waals surface area contributed by atoms with Gasteiger partial charge < -0.3 is 4.90 Å². The van der Waals surface area contributed by atoms with E-state index in [1.807, 2.05) is 12.1 Å². The Morgan fingerprint density at radius 3 is 1.73 bits per heavy atom. The Labute approximate surface area is 264 Å². The van der Waals surface area contributed by atoms with Crippen LogP contribution in [0.1, 0.15) is 92.6 Å². The standard InChI is InChI=1S/C41H40N2O2/c1-40(2,3)24-13-19-32(41(4,5)6)34(23-24)43-38(44)30-16-14-27-25-11-10-12-29-33(42-21-8-7-9-22-42)20-18-26(35(25)29)28-15-17-31(39(43)45)37(30)36(27)28/h10-20,23H,7-9,21-22H2,1-6H3. The molecule has 0 radical (unpaired) electrons. The van der Waals surface area contributed by atoms with Gasteiger partial charge in [-0.25, -0.2) is 4.90 Å². The van der Waals surface area contributed by atoms with E-state index in [1.165, 1.54) is 51.4 Å². The van der Waals surface area contributed by atoms with E-state index < -0.39 is 0 Å². The van der Waals surface area contributed by atoms with Crippen molar-refractivity contribution in [2.75, 3.05) is 22.9 Å². The van der Waals surface area contributed by atoms with Crippen LogP contribution in [-0.2, 0) is 10.8 Å². The van der Waals surface area contributed by atoms with Crippen molar-refractivity contribution in [2.45, 2.75) is 71.6 Å². The molecule has 2 amide bonds. The molecule has 4 nitrogen and oxygen atoms in total. The van der Waals surface area contributed by atoms with Crippen LogP contribution in [0.5, 0.6) is 0 Å². The minimum atomic E-state index is -0.258. The number of anilines is 2. The fourth-order valence-corrected chi connectivity index (χ4v) is 7.92. The average molecular weight is 593 g/mol. The number of carbonyl (C=O) groups excluding carboxylic acids is 2. The Bertz CT molecular complexity index is 2140. The predicted molar refractivity (Wildman–Crippen MR) is 189 cm³/mol. The van der Waals surface area contributed by atoms with Crippen molar-refractivity contribution in [3.8, 4) is 0 Å². The molecule has 2 aliphatic rings. The van der Waals surface area contributed by atoms with Crippen LogP contribution >= 0.6 is 0 Å². The molecule has 0 N–H and O–H groups in total. The molecule has 2 aliphatic heterocycles. The lowest BCUT2D eigenvalue weighted by molar-refractivity contribution is 0.0893. The van der Waals surface area contributed by atoms with Gasteiger partial charge in [0.2, 0.25) is 0 Å². The summed E-state index contributed by atoms with van der Waals surface area (Å²) < 4.78 is 0. The fourth-order valence-electron chi connectivity index (χ4n) is 7.92. The molecule has 4 heteroatoms. The first-order chi connectivity index (χ1) is 21.4. The van der Waals surface area contributed by atoms with Crippen LogP contribution in [0.25, 0.3) is 43.1 Å². The van der Waals surface area contributed by atoms with Crippen LogP contribution in [0.2, 0.25) is 0 Å². The number of imide groups is 1. The summed E-state index contributed by atoms with van der Waals surface area (Å²) in [5, 5.41) is 8.87. The molecule has 8 rings (SSSR count). The van der Waals surface area contributed by atoms with Gasteiger partial charge >= 0.3 is 0 Å². The third kappa shape index (κ3) is 4.04. The molecule has 0 bridgehead atoms. The highest BCUT2D eigenvalue weighted by Crippen LogP contribution is 2.47. The summed E-state index contributed by atoms with van der Waals surface area (Å²) in [6.07, 6.45) is 3.76. The number of amides is 2. The number of nitrogens with zero attached hydrogens (tertiary/aromatic N) is 2. The van der Waals surface area contributed by atoms with E-state index in [1.54, 1.807) is 0 Å². The number of fused-ring (bicyclic) bond motifs is 2. The van der Waals surface area contributed by atoms with Gasteiger partial charge in [-0.1, -0.05) is 90.1 Å². The molecule has 226 valence electrons. The zero-order valence-corrected chi connectivity index (χ0v) is 27.2. The minimum absolute atomic E-state index is 0.131. The molecule has 1 saturated heterocycles. The molecule has 0 atom stereocenters. The third-order valence-corrected chi connectivity index (χ3v) is 10.2. The molecule has 0 aliphatic carbocycles. The fraction of sp³-hybridized carbons (Fsp3) is 0.317. The van der Waals surface area contributed by atoms with Crippen molar-refractivity contribution in [3.05, 3.63) is 95.1 Å². The Kier molecular flexibility index (Phi) is 5.94. The van der Waals surface area contributed by atoms with Crippen molar-refractivity contribution in [1.82, 2.24) is 0 Å². The van der Waals surface area contributed by atoms with Gasteiger partial charge in [0, 0.05) is 40.7 Å². The van der Waals surface area contributed by atoms with E-state index in [4.69, 9.17) is 0 Å². The second-order valence-corrected chi connectivity index (χ2v) is 15.2. The van der Waals surface area contributed by atoms with Gasteiger partial charge in [-0.3, -0.25) is 9.59 Å². The van der Waals surface area contributed by atoms with E-state index in [0.29, 0.717) is 16.8 Å². The largest absolute Gasteiger partial charge is 0.371 e. The van der Waals surface area contributed by atoms with Crippen LogP contribution in [0.4, 0.5) is 11.4 Å². The lowest BCUT2D eigenvalue weighted by Gasteiger charge is -2.34. The summed E-state index contributed by atoms with van der Waals surface area (Å²) in [6.45, 7) is 15.1. The number of benzene rings is 6. The lowest BCUT2D eigenvalue weighted by Crippen LogP contribution is -2.42. The van der Waals surface area contributed by atoms with E-state index >= 15 is 0 Å². The predicted octanol–water partition coefficient (Wildman–Crippen LogP) is 10.1. The SMILES string of the molecule is CC(C)(C)c1ccc(C(C)(C)C)c(N2C(=O)c3ccc4c5cccc6c(N7CCCCC7)ccc(c7ccc(c3c47)C2=O)c65)c1. The smallest absolute Gasteiger partial charge is 0.265 e. The third-order valence-electron chi connectivity index (χ3n) is 10.2. The van der Waals surface area contributed by atoms with Crippen LogP contribution in [-0.4, -0.2) is 24.9 Å². The molecule has 1 fully saturated rings. The van der Waals surface area contributed by atoms with Gasteiger partial charge in [0.15, 0.2) is 0 Å². The Morgan fingerprint density at radius 1 is 0.533 bits per heavy atom. The molecule has 0 aromatic heterocycles. The normalized spacial score (nSPS) is 16.2. The van der Waals surface area contributed by atoms with Crippen molar-refractivity contribution in [2.24, 2.45) is 0 Å². The first kappa shape index (κ1) is 28.1. The van der Waals surface area contributed by atoms with Crippen molar-refractivity contribution >= 4 is 66.3 Å². The van der Waals surface area contributed by atoms with E-state index in [9.17, 15) is 9.59 Å². The number of hydrogen-bond acceptors (Lipinski definition) is 3. The summed E-state index contributed by atoms with van der Waals surface area (Å²) in [5.41, 5.74) is 4.85. The molecule has 0 saturated carbocycles. The van der Waals surface area contributed by atoms with E-state index in [0.717, 1.165) is 45.8 Å². The van der Waals surface area contributed by atoms with Crippen molar-refractivity contribution in [1.29, 1.82) is 0 Å². The van der Waals surface area contributed by atoms with Crippen LogP contribution in [0.15, 0.2) is 72.8 Å². The first-order valence-corrected chi connectivity index (χ1v) is 16.4. The summed E-state index contributed by atoms with van der Waals surface area (Å²) >= 11 is 0. The van der Waals surface area contributed by atoms with Gasteiger partial charge in [-0.2, -0.15) is 0 Å². The molecule has 6 aromatic rings. The van der Waals surface area contributed by atoms with Crippen LogP contribution < -0.4 is 9.80 Å². The zero-order valence-electron chi connectivity index (χ0n) is 27.2. The van der Waals surface area contributed by atoms with E-state index in [-0.39, 0.29) is 22.6 Å². The maximum atomic E-state index is 14.5. The Balaban J connectivity index is 1.38. The Morgan fingerprint density at radius 2 is 1.11 bits per heavy atom. The van der Waals surface area contributed by atoms with Gasteiger partial charge in [-0.05, 0) is 97.8 Å². The maximum Gasteiger partial charge on any atom is 0.265 e.